The molecule has 0 bridgehead atoms. The van der Waals surface area contributed by atoms with E-state index in [0.717, 1.165) is 10.4 Å². The monoisotopic (exact) mass is 329 g/mol. The van der Waals surface area contributed by atoms with Gasteiger partial charge in [-0.05, 0) is 5.56 Å². The van der Waals surface area contributed by atoms with Crippen LogP contribution >= 0.6 is 11.3 Å². The predicted octanol–water partition coefficient (Wildman–Crippen LogP) is 2.38. The molecule has 118 valence electrons. The zero-order chi connectivity index (χ0) is 16.0. The fourth-order valence-electron chi connectivity index (χ4n) is 3.31. The summed E-state index contributed by atoms with van der Waals surface area (Å²) in [5.74, 6) is -0.162. The molecule has 0 saturated carbocycles. The zero-order valence-corrected chi connectivity index (χ0v) is 13.1. The SMILES string of the molecule is O=C(O)N1C[C@H]2CN(c3ncc(-c4ccccc4)s3)C(=O)[C@H]2C1. The largest absolute Gasteiger partial charge is 0.465 e. The van der Waals surface area contributed by atoms with E-state index in [1.807, 2.05) is 30.3 Å². The van der Waals surface area contributed by atoms with Crippen LogP contribution in [0.1, 0.15) is 0 Å². The van der Waals surface area contributed by atoms with Gasteiger partial charge in [-0.2, -0.15) is 0 Å². The van der Waals surface area contributed by atoms with Crippen LogP contribution in [0.3, 0.4) is 0 Å². The van der Waals surface area contributed by atoms with E-state index >= 15 is 0 Å². The lowest BCUT2D eigenvalue weighted by molar-refractivity contribution is -0.120. The van der Waals surface area contributed by atoms with Gasteiger partial charge in [-0.15, -0.1) is 0 Å². The summed E-state index contributed by atoms with van der Waals surface area (Å²) in [6, 6.07) is 9.94. The number of carboxylic acid groups (broad SMARTS) is 1. The summed E-state index contributed by atoms with van der Waals surface area (Å²) in [5.41, 5.74) is 1.08. The Morgan fingerprint density at radius 2 is 2.00 bits per heavy atom. The van der Waals surface area contributed by atoms with Gasteiger partial charge in [-0.25, -0.2) is 9.78 Å². The molecule has 6 nitrogen and oxygen atoms in total. The first-order valence-electron chi connectivity index (χ1n) is 7.44. The van der Waals surface area contributed by atoms with Crippen LogP contribution in [0.25, 0.3) is 10.4 Å². The van der Waals surface area contributed by atoms with Gasteiger partial charge in [-0.1, -0.05) is 41.7 Å². The first-order chi connectivity index (χ1) is 11.1. The van der Waals surface area contributed by atoms with Crippen molar-refractivity contribution in [3.8, 4) is 10.4 Å². The second-order valence-corrected chi connectivity index (χ2v) is 6.89. The van der Waals surface area contributed by atoms with Crippen LogP contribution in [-0.2, 0) is 4.79 Å². The summed E-state index contributed by atoms with van der Waals surface area (Å²) in [6.45, 7) is 1.28. The number of benzene rings is 1. The van der Waals surface area contributed by atoms with Crippen molar-refractivity contribution in [3.05, 3.63) is 36.5 Å². The zero-order valence-electron chi connectivity index (χ0n) is 12.3. The molecular formula is C16H15N3O3S. The van der Waals surface area contributed by atoms with Crippen LogP contribution in [0, 0.1) is 11.8 Å². The van der Waals surface area contributed by atoms with E-state index < -0.39 is 6.09 Å². The number of aromatic nitrogens is 1. The molecule has 23 heavy (non-hydrogen) atoms. The van der Waals surface area contributed by atoms with Gasteiger partial charge in [0.1, 0.15) is 0 Å². The van der Waals surface area contributed by atoms with Crippen LogP contribution in [0.5, 0.6) is 0 Å². The van der Waals surface area contributed by atoms with Crippen molar-refractivity contribution in [1.29, 1.82) is 0 Å². The average molecular weight is 329 g/mol. The van der Waals surface area contributed by atoms with Gasteiger partial charge in [0.05, 0.1) is 10.8 Å². The number of rotatable bonds is 2. The number of likely N-dealkylation sites (tertiary alicyclic amines) is 1. The third-order valence-electron chi connectivity index (χ3n) is 4.49. The standard InChI is InChI=1S/C16H15N3O3S/c20-14-12-9-18(16(21)22)7-11(12)8-19(14)15-17-6-13(23-15)10-4-2-1-3-5-10/h1-6,11-12H,7-9H2,(H,21,22)/t11-,12-/m0/s1. The summed E-state index contributed by atoms with van der Waals surface area (Å²) in [5, 5.41) is 9.76. The van der Waals surface area contributed by atoms with Crippen molar-refractivity contribution < 1.29 is 14.7 Å². The molecule has 2 amide bonds. The minimum absolute atomic E-state index is 0.00675. The van der Waals surface area contributed by atoms with Gasteiger partial charge in [0, 0.05) is 31.7 Å². The number of carbonyl (C=O) groups is 2. The molecule has 0 spiro atoms. The number of anilines is 1. The highest BCUT2D eigenvalue weighted by molar-refractivity contribution is 7.19. The number of fused-ring (bicyclic) bond motifs is 1. The lowest BCUT2D eigenvalue weighted by Crippen LogP contribution is -2.34. The first kappa shape index (κ1) is 14.2. The Balaban J connectivity index is 1.54. The van der Waals surface area contributed by atoms with Gasteiger partial charge in [0.25, 0.3) is 0 Å². The van der Waals surface area contributed by atoms with E-state index in [1.165, 1.54) is 16.2 Å². The molecule has 1 N–H and O–H groups in total. The molecule has 4 rings (SSSR count). The number of hydrogen-bond donors (Lipinski definition) is 1. The van der Waals surface area contributed by atoms with Crippen molar-refractivity contribution in [2.24, 2.45) is 11.8 Å². The Bertz CT molecular complexity index is 761. The van der Waals surface area contributed by atoms with E-state index in [9.17, 15) is 9.59 Å². The van der Waals surface area contributed by atoms with E-state index in [0.29, 0.717) is 24.8 Å². The third kappa shape index (κ3) is 2.37. The highest BCUT2D eigenvalue weighted by Gasteiger charge is 2.48. The number of carbonyl (C=O) groups excluding carboxylic acids is 1. The molecule has 2 aliphatic heterocycles. The maximum atomic E-state index is 12.6. The van der Waals surface area contributed by atoms with Crippen molar-refractivity contribution in [2.45, 2.75) is 0 Å². The third-order valence-corrected chi connectivity index (χ3v) is 5.56. The van der Waals surface area contributed by atoms with Gasteiger partial charge in [0.2, 0.25) is 5.91 Å². The fourth-order valence-corrected chi connectivity index (χ4v) is 4.25. The summed E-state index contributed by atoms with van der Waals surface area (Å²) in [7, 11) is 0. The lowest BCUT2D eigenvalue weighted by Gasteiger charge is -2.17. The van der Waals surface area contributed by atoms with Crippen LogP contribution in [0.2, 0.25) is 0 Å². The molecule has 1 aromatic carbocycles. The second kappa shape index (κ2) is 5.34. The number of thiazole rings is 1. The summed E-state index contributed by atoms with van der Waals surface area (Å²) >= 11 is 1.50. The molecule has 2 fully saturated rings. The smallest absolute Gasteiger partial charge is 0.407 e. The van der Waals surface area contributed by atoms with Gasteiger partial charge >= 0.3 is 6.09 Å². The van der Waals surface area contributed by atoms with Crippen LogP contribution in [0.4, 0.5) is 9.93 Å². The van der Waals surface area contributed by atoms with Crippen molar-refractivity contribution in [3.63, 3.8) is 0 Å². The van der Waals surface area contributed by atoms with Crippen LogP contribution in [-0.4, -0.2) is 46.6 Å². The first-order valence-corrected chi connectivity index (χ1v) is 8.25. The van der Waals surface area contributed by atoms with Gasteiger partial charge < -0.3 is 10.0 Å². The molecule has 2 saturated heterocycles. The predicted molar refractivity (Wildman–Crippen MR) is 86.5 cm³/mol. The van der Waals surface area contributed by atoms with E-state index in [1.54, 1.807) is 11.1 Å². The van der Waals surface area contributed by atoms with Crippen molar-refractivity contribution >= 4 is 28.5 Å². The lowest BCUT2D eigenvalue weighted by atomic mass is 10.0. The average Bonchev–Trinajstić information content (AvgIpc) is 3.24. The highest BCUT2D eigenvalue weighted by atomic mass is 32.1. The maximum absolute atomic E-state index is 12.6. The number of hydrogen-bond acceptors (Lipinski definition) is 4. The molecule has 1 aromatic heterocycles. The Morgan fingerprint density at radius 1 is 1.22 bits per heavy atom. The topological polar surface area (TPSA) is 73.7 Å². The molecule has 2 atom stereocenters. The molecule has 7 heteroatoms. The molecule has 0 aliphatic carbocycles. The van der Waals surface area contributed by atoms with Crippen LogP contribution in [0.15, 0.2) is 36.5 Å². The molecule has 2 aromatic rings. The van der Waals surface area contributed by atoms with Gasteiger partial charge in [-0.3, -0.25) is 9.69 Å². The summed E-state index contributed by atoms with van der Waals surface area (Å²) in [4.78, 5) is 32.1. The number of amides is 2. The van der Waals surface area contributed by atoms with Crippen molar-refractivity contribution in [1.82, 2.24) is 9.88 Å². The van der Waals surface area contributed by atoms with E-state index in [-0.39, 0.29) is 17.7 Å². The normalized spacial score (nSPS) is 23.4. The number of nitrogens with zero attached hydrogens (tertiary/aromatic N) is 3. The Morgan fingerprint density at radius 3 is 2.70 bits per heavy atom. The molecule has 3 heterocycles. The Labute approximate surface area is 137 Å². The molecule has 0 unspecified atom stereocenters. The highest BCUT2D eigenvalue weighted by Crippen LogP contribution is 2.38. The van der Waals surface area contributed by atoms with E-state index in [4.69, 9.17) is 5.11 Å². The second-order valence-electron chi connectivity index (χ2n) is 5.88. The quantitative estimate of drug-likeness (QED) is 0.918. The van der Waals surface area contributed by atoms with Crippen molar-refractivity contribution in [2.75, 3.05) is 24.5 Å². The molecule has 2 aliphatic rings. The Kier molecular flexibility index (Phi) is 3.30. The van der Waals surface area contributed by atoms with E-state index in [2.05, 4.69) is 4.98 Å². The Hall–Kier alpha value is -2.41. The van der Waals surface area contributed by atoms with Gasteiger partial charge in [0.15, 0.2) is 5.13 Å². The minimum Gasteiger partial charge on any atom is -0.465 e. The molecule has 0 radical (unpaired) electrons. The fraction of sp³-hybridized carbons (Fsp3) is 0.312. The summed E-state index contributed by atoms with van der Waals surface area (Å²) in [6.07, 6.45) is 0.847. The molecular weight excluding hydrogens is 314 g/mol. The summed E-state index contributed by atoms with van der Waals surface area (Å²) < 4.78 is 0. The van der Waals surface area contributed by atoms with Crippen LogP contribution < -0.4 is 4.90 Å². The minimum atomic E-state index is -0.945. The maximum Gasteiger partial charge on any atom is 0.407 e.